The lowest BCUT2D eigenvalue weighted by Crippen LogP contribution is -2.48. The highest BCUT2D eigenvalue weighted by atomic mass is 16.5. The molecule has 0 atom stereocenters. The standard InChI is InChI=1S/C29H39N3O2/c1-2-25-10-8-11-26(24-25)29(33)32-21-19-31(20-22-32)27-12-14-28(15-13-27)34-23-9-18-30-16-6-4-3-5-7-17-30/h2,8,10-15,24H,1,3-7,9,16-23H2. The molecule has 0 unspecified atom stereocenters. The summed E-state index contributed by atoms with van der Waals surface area (Å²) in [6, 6.07) is 16.1. The summed E-state index contributed by atoms with van der Waals surface area (Å²) in [4.78, 5) is 19.8. The summed E-state index contributed by atoms with van der Waals surface area (Å²) >= 11 is 0. The van der Waals surface area contributed by atoms with Gasteiger partial charge in [-0.2, -0.15) is 0 Å². The molecule has 2 saturated heterocycles. The molecule has 2 aromatic carbocycles. The highest BCUT2D eigenvalue weighted by Gasteiger charge is 2.22. The Labute approximate surface area is 205 Å². The van der Waals surface area contributed by atoms with Crippen molar-refractivity contribution < 1.29 is 9.53 Å². The molecule has 2 fully saturated rings. The molecule has 5 heteroatoms. The van der Waals surface area contributed by atoms with Crippen LogP contribution in [0.5, 0.6) is 5.75 Å². The van der Waals surface area contributed by atoms with E-state index in [2.05, 4.69) is 40.6 Å². The Morgan fingerprint density at radius 1 is 0.882 bits per heavy atom. The monoisotopic (exact) mass is 461 g/mol. The lowest BCUT2D eigenvalue weighted by molar-refractivity contribution is 0.0746. The average Bonchev–Trinajstić information content (AvgIpc) is 2.87. The summed E-state index contributed by atoms with van der Waals surface area (Å²) in [5.74, 6) is 1.04. The fourth-order valence-corrected chi connectivity index (χ4v) is 4.92. The molecule has 2 aliphatic heterocycles. The Morgan fingerprint density at radius 3 is 2.29 bits per heavy atom. The maximum Gasteiger partial charge on any atom is 0.253 e. The molecule has 0 spiro atoms. The van der Waals surface area contributed by atoms with Gasteiger partial charge in [0.25, 0.3) is 5.91 Å². The third kappa shape index (κ3) is 6.86. The Balaban J connectivity index is 1.19. The number of carbonyl (C=O) groups is 1. The fourth-order valence-electron chi connectivity index (χ4n) is 4.92. The number of hydrogen-bond acceptors (Lipinski definition) is 4. The summed E-state index contributed by atoms with van der Waals surface area (Å²) in [5.41, 5.74) is 2.90. The molecular formula is C29H39N3O2. The zero-order chi connectivity index (χ0) is 23.6. The first kappa shape index (κ1) is 24.3. The molecule has 2 heterocycles. The summed E-state index contributed by atoms with van der Waals surface area (Å²) in [6.07, 6.45) is 9.71. The molecule has 0 bridgehead atoms. The minimum Gasteiger partial charge on any atom is -0.494 e. The molecule has 5 nitrogen and oxygen atoms in total. The van der Waals surface area contributed by atoms with Gasteiger partial charge in [-0.1, -0.05) is 44.1 Å². The van der Waals surface area contributed by atoms with E-state index < -0.39 is 0 Å². The second-order valence-electron chi connectivity index (χ2n) is 9.41. The third-order valence-corrected chi connectivity index (χ3v) is 6.97. The van der Waals surface area contributed by atoms with Crippen molar-refractivity contribution in [2.24, 2.45) is 0 Å². The number of amides is 1. The fraction of sp³-hybridized carbons (Fsp3) is 0.483. The van der Waals surface area contributed by atoms with Crippen LogP contribution in [0.3, 0.4) is 0 Å². The van der Waals surface area contributed by atoms with Crippen LogP contribution in [0.2, 0.25) is 0 Å². The van der Waals surface area contributed by atoms with E-state index in [0.29, 0.717) is 0 Å². The van der Waals surface area contributed by atoms with Gasteiger partial charge in [0.2, 0.25) is 0 Å². The van der Waals surface area contributed by atoms with Crippen LogP contribution in [-0.4, -0.2) is 68.1 Å². The van der Waals surface area contributed by atoms with Gasteiger partial charge in [0, 0.05) is 44.0 Å². The predicted octanol–water partition coefficient (Wildman–Crippen LogP) is 5.33. The van der Waals surface area contributed by atoms with E-state index in [1.165, 1.54) is 50.9 Å². The van der Waals surface area contributed by atoms with Gasteiger partial charge in [-0.3, -0.25) is 4.79 Å². The zero-order valence-corrected chi connectivity index (χ0v) is 20.5. The van der Waals surface area contributed by atoms with Gasteiger partial charge >= 0.3 is 0 Å². The number of rotatable bonds is 8. The smallest absolute Gasteiger partial charge is 0.253 e. The van der Waals surface area contributed by atoms with Crippen molar-refractivity contribution >= 4 is 17.7 Å². The number of likely N-dealkylation sites (tertiary alicyclic amines) is 1. The highest BCUT2D eigenvalue weighted by Crippen LogP contribution is 2.22. The Hall–Kier alpha value is -2.79. The molecule has 4 rings (SSSR count). The van der Waals surface area contributed by atoms with Crippen molar-refractivity contribution in [1.82, 2.24) is 9.80 Å². The Bertz CT molecular complexity index is 911. The minimum atomic E-state index is 0.0998. The topological polar surface area (TPSA) is 36.0 Å². The number of carbonyl (C=O) groups excluding carboxylic acids is 1. The van der Waals surface area contributed by atoms with Crippen LogP contribution in [0.4, 0.5) is 5.69 Å². The van der Waals surface area contributed by atoms with Crippen molar-refractivity contribution in [2.75, 3.05) is 57.3 Å². The van der Waals surface area contributed by atoms with Crippen molar-refractivity contribution in [3.05, 3.63) is 66.2 Å². The molecule has 0 N–H and O–H groups in total. The van der Waals surface area contributed by atoms with E-state index in [0.717, 1.165) is 62.6 Å². The van der Waals surface area contributed by atoms with Crippen molar-refractivity contribution in [2.45, 2.75) is 38.5 Å². The van der Waals surface area contributed by atoms with Crippen molar-refractivity contribution in [3.8, 4) is 5.75 Å². The van der Waals surface area contributed by atoms with Gasteiger partial charge in [-0.05, 0) is 74.3 Å². The average molecular weight is 462 g/mol. The van der Waals surface area contributed by atoms with E-state index in [-0.39, 0.29) is 5.91 Å². The number of benzene rings is 2. The van der Waals surface area contributed by atoms with E-state index >= 15 is 0 Å². The first-order valence-corrected chi connectivity index (χ1v) is 12.9. The van der Waals surface area contributed by atoms with Gasteiger partial charge in [-0.25, -0.2) is 0 Å². The molecule has 1 amide bonds. The second kappa shape index (κ2) is 12.6. The highest BCUT2D eigenvalue weighted by molar-refractivity contribution is 5.95. The lowest BCUT2D eigenvalue weighted by Gasteiger charge is -2.36. The lowest BCUT2D eigenvalue weighted by atomic mass is 10.1. The number of anilines is 1. The Kier molecular flexibility index (Phi) is 9.03. The summed E-state index contributed by atoms with van der Waals surface area (Å²) in [6.45, 7) is 11.3. The maximum atomic E-state index is 12.9. The molecule has 0 aromatic heterocycles. The van der Waals surface area contributed by atoms with Gasteiger partial charge in [0.05, 0.1) is 6.61 Å². The molecule has 0 aliphatic carbocycles. The second-order valence-corrected chi connectivity index (χ2v) is 9.41. The number of hydrogen-bond donors (Lipinski definition) is 0. The van der Waals surface area contributed by atoms with Crippen LogP contribution in [0.25, 0.3) is 6.08 Å². The zero-order valence-electron chi connectivity index (χ0n) is 20.5. The predicted molar refractivity (Wildman–Crippen MR) is 141 cm³/mol. The van der Waals surface area contributed by atoms with Crippen LogP contribution in [-0.2, 0) is 0 Å². The first-order chi connectivity index (χ1) is 16.7. The first-order valence-electron chi connectivity index (χ1n) is 12.9. The molecule has 34 heavy (non-hydrogen) atoms. The molecule has 2 aromatic rings. The number of ether oxygens (including phenoxy) is 1. The molecule has 0 radical (unpaired) electrons. The number of piperazine rings is 1. The van der Waals surface area contributed by atoms with Crippen LogP contribution in [0.1, 0.15) is 54.4 Å². The van der Waals surface area contributed by atoms with Crippen molar-refractivity contribution in [3.63, 3.8) is 0 Å². The van der Waals surface area contributed by atoms with Gasteiger partial charge < -0.3 is 19.4 Å². The minimum absolute atomic E-state index is 0.0998. The SMILES string of the molecule is C=Cc1cccc(C(=O)N2CCN(c3ccc(OCCCN4CCCCCCC4)cc3)CC2)c1. The van der Waals surface area contributed by atoms with E-state index in [4.69, 9.17) is 4.74 Å². The van der Waals surface area contributed by atoms with Crippen LogP contribution < -0.4 is 9.64 Å². The van der Waals surface area contributed by atoms with Gasteiger partial charge in [0.1, 0.15) is 5.75 Å². The third-order valence-electron chi connectivity index (χ3n) is 6.97. The van der Waals surface area contributed by atoms with Gasteiger partial charge in [-0.15, -0.1) is 0 Å². The summed E-state index contributed by atoms with van der Waals surface area (Å²) < 4.78 is 6.01. The van der Waals surface area contributed by atoms with Crippen LogP contribution in [0.15, 0.2) is 55.1 Å². The Morgan fingerprint density at radius 2 is 1.59 bits per heavy atom. The van der Waals surface area contributed by atoms with E-state index in [1.807, 2.05) is 29.2 Å². The maximum absolute atomic E-state index is 12.9. The molecule has 2 aliphatic rings. The van der Waals surface area contributed by atoms with E-state index in [9.17, 15) is 4.79 Å². The largest absolute Gasteiger partial charge is 0.494 e. The molecule has 182 valence electrons. The van der Waals surface area contributed by atoms with Crippen LogP contribution >= 0.6 is 0 Å². The molecular weight excluding hydrogens is 422 g/mol. The molecule has 0 saturated carbocycles. The van der Waals surface area contributed by atoms with Crippen LogP contribution in [0, 0.1) is 0 Å². The van der Waals surface area contributed by atoms with Crippen molar-refractivity contribution in [1.29, 1.82) is 0 Å². The summed E-state index contributed by atoms with van der Waals surface area (Å²) in [5, 5.41) is 0. The normalized spacial score (nSPS) is 17.6. The summed E-state index contributed by atoms with van der Waals surface area (Å²) in [7, 11) is 0. The number of nitrogens with zero attached hydrogens (tertiary/aromatic N) is 3. The van der Waals surface area contributed by atoms with E-state index in [1.54, 1.807) is 6.08 Å². The quantitative estimate of drug-likeness (QED) is 0.498. The van der Waals surface area contributed by atoms with Gasteiger partial charge in [0.15, 0.2) is 0 Å².